The first-order valence-electron chi connectivity index (χ1n) is 7.07. The van der Waals surface area contributed by atoms with Gasteiger partial charge < -0.3 is 5.73 Å². The monoisotopic (exact) mass is 339 g/mol. The molecule has 0 aliphatic rings. The predicted octanol–water partition coefficient (Wildman–Crippen LogP) is 2.70. The zero-order valence-corrected chi connectivity index (χ0v) is 14.2. The Morgan fingerprint density at radius 3 is 2.15 bits per heavy atom. The third kappa shape index (κ3) is 2.49. The molecule has 0 saturated carbocycles. The zero-order valence-electron chi connectivity index (χ0n) is 12.6. The van der Waals surface area contributed by atoms with Crippen LogP contribution in [0.2, 0.25) is 0 Å². The largest absolute Gasteiger partial charge is 0.396 e. The molecule has 6 heteroatoms. The van der Waals surface area contributed by atoms with E-state index in [1.165, 1.54) is 0 Å². The fraction of sp³-hybridized carbons (Fsp3) is 0.571. The molecule has 2 rings (SSSR count). The van der Waals surface area contributed by atoms with Crippen LogP contribution in [0, 0.1) is 0 Å². The Morgan fingerprint density at radius 2 is 1.65 bits per heavy atom. The van der Waals surface area contributed by atoms with Crippen molar-refractivity contribution in [3.8, 4) is 0 Å². The molecule has 0 atom stereocenters. The van der Waals surface area contributed by atoms with E-state index < -0.39 is 0 Å². The van der Waals surface area contributed by atoms with E-state index in [2.05, 4.69) is 46.9 Å². The van der Waals surface area contributed by atoms with Crippen LogP contribution in [0.5, 0.6) is 0 Å². The van der Waals surface area contributed by atoms with E-state index in [0.29, 0.717) is 6.54 Å². The Kier molecular flexibility index (Phi) is 4.52. The van der Waals surface area contributed by atoms with Crippen molar-refractivity contribution in [2.45, 2.75) is 46.6 Å². The van der Waals surface area contributed by atoms with Crippen LogP contribution in [0.1, 0.15) is 43.5 Å². The summed E-state index contributed by atoms with van der Waals surface area (Å²) in [5, 5.41) is 9.17. The Bertz CT molecular complexity index is 612. The summed E-state index contributed by atoms with van der Waals surface area (Å²) in [6.45, 7) is 6.99. The molecular weight excluding hydrogens is 318 g/mol. The Balaban J connectivity index is 2.42. The molecule has 0 amide bonds. The summed E-state index contributed by atoms with van der Waals surface area (Å²) >= 11 is 3.65. The summed E-state index contributed by atoms with van der Waals surface area (Å²) in [6, 6.07) is 0. The van der Waals surface area contributed by atoms with Crippen molar-refractivity contribution in [2.75, 3.05) is 5.73 Å². The Hall–Kier alpha value is -1.30. The van der Waals surface area contributed by atoms with Gasteiger partial charge in [0.15, 0.2) is 0 Å². The summed E-state index contributed by atoms with van der Waals surface area (Å²) in [5.74, 6) is 0. The molecule has 0 aromatic carbocycles. The van der Waals surface area contributed by atoms with Gasteiger partial charge in [-0.3, -0.25) is 9.36 Å². The molecule has 2 aromatic heterocycles. The van der Waals surface area contributed by atoms with Crippen LogP contribution < -0.4 is 5.73 Å². The minimum Gasteiger partial charge on any atom is -0.396 e. The maximum atomic E-state index is 6.17. The maximum Gasteiger partial charge on any atom is 0.0854 e. The number of anilines is 1. The first-order chi connectivity index (χ1) is 9.53. The second-order valence-corrected chi connectivity index (χ2v) is 5.65. The van der Waals surface area contributed by atoms with Crippen molar-refractivity contribution in [3.05, 3.63) is 27.2 Å². The van der Waals surface area contributed by atoms with Gasteiger partial charge in [-0.05, 0) is 35.2 Å². The van der Waals surface area contributed by atoms with Crippen LogP contribution in [-0.4, -0.2) is 19.6 Å². The smallest absolute Gasteiger partial charge is 0.0854 e. The van der Waals surface area contributed by atoms with Crippen LogP contribution in [0.15, 0.2) is 4.47 Å². The van der Waals surface area contributed by atoms with Gasteiger partial charge in [0.2, 0.25) is 0 Å². The second kappa shape index (κ2) is 5.99. The SMILES string of the molecule is CCc1nn(Cc2c(Br)c(CC)nn2C)c(CC)c1N. The van der Waals surface area contributed by atoms with Gasteiger partial charge in [-0.25, -0.2) is 0 Å². The molecular formula is C14H22BrN5. The number of halogens is 1. The number of hydrogen-bond donors (Lipinski definition) is 1. The second-order valence-electron chi connectivity index (χ2n) is 4.86. The molecule has 110 valence electrons. The Labute approximate surface area is 128 Å². The van der Waals surface area contributed by atoms with Gasteiger partial charge in [0, 0.05) is 7.05 Å². The normalized spacial score (nSPS) is 11.2. The third-order valence-electron chi connectivity index (χ3n) is 3.65. The minimum atomic E-state index is 0.692. The number of hydrogen-bond acceptors (Lipinski definition) is 3. The molecule has 0 aliphatic heterocycles. The molecule has 0 saturated heterocycles. The van der Waals surface area contributed by atoms with Crippen molar-refractivity contribution in [3.63, 3.8) is 0 Å². The van der Waals surface area contributed by atoms with E-state index in [-0.39, 0.29) is 0 Å². The van der Waals surface area contributed by atoms with Gasteiger partial charge in [0.1, 0.15) is 0 Å². The molecule has 2 heterocycles. The van der Waals surface area contributed by atoms with Crippen LogP contribution >= 0.6 is 15.9 Å². The van der Waals surface area contributed by atoms with Crippen LogP contribution in [0.4, 0.5) is 5.69 Å². The predicted molar refractivity (Wildman–Crippen MR) is 84.8 cm³/mol. The van der Waals surface area contributed by atoms with Gasteiger partial charge >= 0.3 is 0 Å². The summed E-state index contributed by atoms with van der Waals surface area (Å²) in [6.07, 6.45) is 2.66. The summed E-state index contributed by atoms with van der Waals surface area (Å²) in [4.78, 5) is 0. The lowest BCUT2D eigenvalue weighted by Crippen LogP contribution is -2.10. The highest BCUT2D eigenvalue weighted by atomic mass is 79.9. The lowest BCUT2D eigenvalue weighted by molar-refractivity contribution is 0.591. The van der Waals surface area contributed by atoms with Crippen molar-refractivity contribution in [1.29, 1.82) is 0 Å². The number of nitrogens with two attached hydrogens (primary N) is 1. The molecule has 0 unspecified atom stereocenters. The fourth-order valence-corrected chi connectivity index (χ4v) is 3.21. The van der Waals surface area contributed by atoms with Crippen molar-refractivity contribution >= 4 is 21.6 Å². The Morgan fingerprint density at radius 1 is 1.00 bits per heavy atom. The van der Waals surface area contributed by atoms with Crippen molar-refractivity contribution < 1.29 is 0 Å². The molecule has 2 N–H and O–H groups in total. The van der Waals surface area contributed by atoms with Crippen molar-refractivity contribution in [1.82, 2.24) is 19.6 Å². The molecule has 0 bridgehead atoms. The number of nitrogen functional groups attached to an aromatic ring is 1. The molecule has 0 fully saturated rings. The molecule has 0 spiro atoms. The maximum absolute atomic E-state index is 6.17. The van der Waals surface area contributed by atoms with Crippen LogP contribution in [0.3, 0.4) is 0 Å². The van der Waals surface area contributed by atoms with Gasteiger partial charge in [0.25, 0.3) is 0 Å². The van der Waals surface area contributed by atoms with E-state index >= 15 is 0 Å². The highest BCUT2D eigenvalue weighted by Crippen LogP contribution is 2.25. The molecule has 2 aromatic rings. The van der Waals surface area contributed by atoms with E-state index in [1.54, 1.807) is 0 Å². The topological polar surface area (TPSA) is 61.7 Å². The van der Waals surface area contributed by atoms with Gasteiger partial charge in [-0.15, -0.1) is 0 Å². The van der Waals surface area contributed by atoms with Crippen LogP contribution in [0.25, 0.3) is 0 Å². The number of nitrogens with zero attached hydrogens (tertiary/aromatic N) is 4. The highest BCUT2D eigenvalue weighted by molar-refractivity contribution is 9.10. The average Bonchev–Trinajstić information content (AvgIpc) is 2.89. The first-order valence-corrected chi connectivity index (χ1v) is 7.86. The van der Waals surface area contributed by atoms with E-state index in [0.717, 1.165) is 52.2 Å². The van der Waals surface area contributed by atoms with E-state index in [1.807, 2.05) is 16.4 Å². The van der Waals surface area contributed by atoms with E-state index in [4.69, 9.17) is 5.73 Å². The van der Waals surface area contributed by atoms with Crippen molar-refractivity contribution in [2.24, 2.45) is 7.05 Å². The van der Waals surface area contributed by atoms with Gasteiger partial charge in [0.05, 0.1) is 39.5 Å². The van der Waals surface area contributed by atoms with Gasteiger partial charge in [-0.1, -0.05) is 20.8 Å². The number of aromatic nitrogens is 4. The summed E-state index contributed by atoms with van der Waals surface area (Å²) in [7, 11) is 1.97. The number of rotatable bonds is 5. The standard InChI is InChI=1S/C14H22BrN5/c1-5-9-13(15)12(19(4)17-9)8-20-11(7-3)14(16)10(6-2)18-20/h5-8,16H2,1-4H3. The summed E-state index contributed by atoms with van der Waals surface area (Å²) < 4.78 is 5.01. The molecule has 5 nitrogen and oxygen atoms in total. The van der Waals surface area contributed by atoms with E-state index in [9.17, 15) is 0 Å². The molecule has 20 heavy (non-hydrogen) atoms. The molecule has 0 radical (unpaired) electrons. The lowest BCUT2D eigenvalue weighted by Gasteiger charge is -2.07. The number of aryl methyl sites for hydroxylation is 3. The first kappa shape index (κ1) is 15.1. The van der Waals surface area contributed by atoms with Crippen LogP contribution in [-0.2, 0) is 32.9 Å². The van der Waals surface area contributed by atoms with Gasteiger partial charge in [-0.2, -0.15) is 10.2 Å². The zero-order chi connectivity index (χ0) is 14.9. The average molecular weight is 340 g/mol. The fourth-order valence-electron chi connectivity index (χ4n) is 2.46. The molecule has 0 aliphatic carbocycles. The third-order valence-corrected chi connectivity index (χ3v) is 4.56. The summed E-state index contributed by atoms with van der Waals surface area (Å²) in [5.41, 5.74) is 11.3. The quantitative estimate of drug-likeness (QED) is 0.910. The highest BCUT2D eigenvalue weighted by Gasteiger charge is 2.17. The minimum absolute atomic E-state index is 0.692. The lowest BCUT2D eigenvalue weighted by atomic mass is 10.2.